The van der Waals surface area contributed by atoms with E-state index in [0.717, 1.165) is 21.3 Å². The Morgan fingerprint density at radius 3 is 2.44 bits per heavy atom. The predicted molar refractivity (Wildman–Crippen MR) is 126 cm³/mol. The fraction of sp³-hybridized carbons (Fsp3) is 0.174. The lowest BCUT2D eigenvalue weighted by atomic mass is 10.2. The van der Waals surface area contributed by atoms with Crippen molar-refractivity contribution in [3.8, 4) is 5.75 Å². The number of para-hydroxylation sites is 1. The molecule has 0 unspecified atom stereocenters. The van der Waals surface area contributed by atoms with Crippen molar-refractivity contribution in [1.82, 2.24) is 0 Å². The zero-order valence-electron chi connectivity index (χ0n) is 17.8. The van der Waals surface area contributed by atoms with E-state index < -0.39 is 28.3 Å². The van der Waals surface area contributed by atoms with Crippen LogP contribution in [0.25, 0.3) is 0 Å². The first kappa shape index (κ1) is 23.6. The second-order valence-corrected chi connectivity index (χ2v) is 9.57. The zero-order chi connectivity index (χ0) is 23.3. The highest BCUT2D eigenvalue weighted by atomic mass is 32.2. The number of carbonyl (C=O) groups excluding carboxylic acids is 1. The highest BCUT2D eigenvalue weighted by Crippen LogP contribution is 2.31. The summed E-state index contributed by atoms with van der Waals surface area (Å²) in [6.07, 6.45) is 1.88. The molecule has 0 radical (unpaired) electrons. The van der Waals surface area contributed by atoms with Gasteiger partial charge >= 0.3 is 0 Å². The number of rotatable bonds is 8. The fourth-order valence-corrected chi connectivity index (χ4v) is 5.31. The third kappa shape index (κ3) is 5.23. The van der Waals surface area contributed by atoms with Gasteiger partial charge in [0.15, 0.2) is 0 Å². The van der Waals surface area contributed by atoms with E-state index in [9.17, 15) is 17.6 Å². The molecule has 1 N–H and O–H groups in total. The highest BCUT2D eigenvalue weighted by Gasteiger charge is 2.30. The average Bonchev–Trinajstić information content (AvgIpc) is 2.78. The van der Waals surface area contributed by atoms with E-state index in [1.54, 1.807) is 31.2 Å². The summed E-state index contributed by atoms with van der Waals surface area (Å²) < 4.78 is 47.0. The number of nitrogens with one attached hydrogen (secondary N) is 1. The SMILES string of the molecule is COc1ccc(C)cc1S(=O)(=O)N(CC(=O)Nc1ccccc1SC)c1ccc(F)cc1. The van der Waals surface area contributed by atoms with Crippen LogP contribution in [0.15, 0.2) is 76.5 Å². The molecule has 1 amide bonds. The fourth-order valence-electron chi connectivity index (χ4n) is 3.09. The normalized spacial score (nSPS) is 11.1. The van der Waals surface area contributed by atoms with E-state index in [-0.39, 0.29) is 16.3 Å². The molecule has 0 atom stereocenters. The third-order valence-corrected chi connectivity index (χ3v) is 7.26. The molecule has 32 heavy (non-hydrogen) atoms. The molecular formula is C23H23FN2O4S2. The number of carbonyl (C=O) groups is 1. The van der Waals surface area contributed by atoms with Crippen LogP contribution in [0.2, 0.25) is 0 Å². The highest BCUT2D eigenvalue weighted by molar-refractivity contribution is 7.98. The molecule has 0 heterocycles. The van der Waals surface area contributed by atoms with Crippen LogP contribution in [0.3, 0.4) is 0 Å². The number of hydrogen-bond acceptors (Lipinski definition) is 5. The predicted octanol–water partition coefficient (Wildman–Crippen LogP) is 4.70. The Kier molecular flexibility index (Phi) is 7.42. The van der Waals surface area contributed by atoms with Gasteiger partial charge in [-0.15, -0.1) is 11.8 Å². The maximum atomic E-state index is 13.6. The van der Waals surface area contributed by atoms with Gasteiger partial charge in [0.1, 0.15) is 23.0 Å². The number of aryl methyl sites for hydroxylation is 1. The van der Waals surface area contributed by atoms with Crippen molar-refractivity contribution in [2.24, 2.45) is 0 Å². The second kappa shape index (κ2) is 10.1. The molecule has 0 fully saturated rings. The molecule has 168 valence electrons. The molecule has 0 aromatic heterocycles. The number of amides is 1. The molecule has 0 aliphatic carbocycles. The first-order chi connectivity index (χ1) is 15.3. The van der Waals surface area contributed by atoms with Crippen molar-refractivity contribution in [3.63, 3.8) is 0 Å². The summed E-state index contributed by atoms with van der Waals surface area (Å²) in [5, 5.41) is 2.77. The largest absolute Gasteiger partial charge is 0.495 e. The molecule has 9 heteroatoms. The minimum absolute atomic E-state index is 0.0818. The van der Waals surface area contributed by atoms with Gasteiger partial charge in [0, 0.05) is 4.90 Å². The summed E-state index contributed by atoms with van der Waals surface area (Å²) in [5.74, 6) is -0.903. The molecule has 0 saturated heterocycles. The smallest absolute Gasteiger partial charge is 0.268 e. The number of hydrogen-bond donors (Lipinski definition) is 1. The van der Waals surface area contributed by atoms with Gasteiger partial charge < -0.3 is 10.1 Å². The van der Waals surface area contributed by atoms with Crippen LogP contribution in [-0.4, -0.2) is 34.2 Å². The van der Waals surface area contributed by atoms with E-state index in [1.807, 2.05) is 18.4 Å². The maximum Gasteiger partial charge on any atom is 0.268 e. The number of thioether (sulfide) groups is 1. The molecular weight excluding hydrogens is 451 g/mol. The summed E-state index contributed by atoms with van der Waals surface area (Å²) in [5.41, 5.74) is 1.44. The van der Waals surface area contributed by atoms with Crippen molar-refractivity contribution < 1.29 is 22.3 Å². The average molecular weight is 475 g/mol. The van der Waals surface area contributed by atoms with Crippen LogP contribution in [0.1, 0.15) is 5.56 Å². The molecule has 3 aromatic rings. The molecule has 0 spiro atoms. The first-order valence-corrected chi connectivity index (χ1v) is 12.3. The minimum atomic E-state index is -4.22. The van der Waals surface area contributed by atoms with Crippen LogP contribution in [-0.2, 0) is 14.8 Å². The summed E-state index contributed by atoms with van der Waals surface area (Å²) in [7, 11) is -2.84. The Morgan fingerprint density at radius 2 is 1.78 bits per heavy atom. The minimum Gasteiger partial charge on any atom is -0.495 e. The number of nitrogens with zero attached hydrogens (tertiary/aromatic N) is 1. The van der Waals surface area contributed by atoms with Crippen LogP contribution < -0.4 is 14.4 Å². The molecule has 0 saturated carbocycles. The van der Waals surface area contributed by atoms with E-state index in [4.69, 9.17) is 4.74 Å². The summed E-state index contributed by atoms with van der Waals surface area (Å²) in [6, 6.07) is 16.9. The quantitative estimate of drug-likeness (QED) is 0.479. The first-order valence-electron chi connectivity index (χ1n) is 9.62. The van der Waals surface area contributed by atoms with Crippen molar-refractivity contribution in [2.75, 3.05) is 29.5 Å². The Morgan fingerprint density at radius 1 is 1.09 bits per heavy atom. The number of ether oxygens (including phenoxy) is 1. The molecule has 3 aromatic carbocycles. The lowest BCUT2D eigenvalue weighted by Crippen LogP contribution is -2.38. The number of sulfonamides is 1. The van der Waals surface area contributed by atoms with Gasteiger partial charge in [-0.2, -0.15) is 0 Å². The van der Waals surface area contributed by atoms with Gasteiger partial charge in [-0.05, 0) is 67.3 Å². The molecule has 0 bridgehead atoms. The maximum absolute atomic E-state index is 13.6. The summed E-state index contributed by atoms with van der Waals surface area (Å²) in [4.78, 5) is 13.7. The van der Waals surface area contributed by atoms with E-state index >= 15 is 0 Å². The van der Waals surface area contributed by atoms with E-state index in [0.29, 0.717) is 11.3 Å². The second-order valence-electron chi connectivity index (χ2n) is 6.89. The zero-order valence-corrected chi connectivity index (χ0v) is 19.5. The Balaban J connectivity index is 2.02. The Bertz CT molecular complexity index is 1210. The van der Waals surface area contributed by atoms with Gasteiger partial charge in [-0.1, -0.05) is 18.2 Å². The standard InChI is InChI=1S/C23H23FN2O4S2/c1-16-8-13-20(30-2)22(14-16)32(28,29)26(18-11-9-17(24)10-12-18)15-23(27)25-19-6-4-5-7-21(19)31-3/h4-14H,15H2,1-3H3,(H,25,27). The number of halogens is 1. The molecule has 0 aliphatic rings. The molecule has 3 rings (SSSR count). The Labute approximate surface area is 191 Å². The monoisotopic (exact) mass is 474 g/mol. The van der Waals surface area contributed by atoms with Crippen LogP contribution >= 0.6 is 11.8 Å². The van der Waals surface area contributed by atoms with Gasteiger partial charge in [-0.3, -0.25) is 9.10 Å². The lowest BCUT2D eigenvalue weighted by Gasteiger charge is -2.25. The van der Waals surface area contributed by atoms with Crippen molar-refractivity contribution in [3.05, 3.63) is 78.1 Å². The van der Waals surface area contributed by atoms with E-state index in [2.05, 4.69) is 5.32 Å². The van der Waals surface area contributed by atoms with Gasteiger partial charge in [-0.25, -0.2) is 12.8 Å². The van der Waals surface area contributed by atoms with Crippen molar-refractivity contribution in [2.45, 2.75) is 16.7 Å². The lowest BCUT2D eigenvalue weighted by molar-refractivity contribution is -0.114. The van der Waals surface area contributed by atoms with E-state index in [1.165, 1.54) is 37.1 Å². The van der Waals surface area contributed by atoms with Crippen molar-refractivity contribution >= 4 is 39.1 Å². The number of benzene rings is 3. The summed E-state index contributed by atoms with van der Waals surface area (Å²) >= 11 is 1.46. The van der Waals surface area contributed by atoms with Gasteiger partial charge in [0.2, 0.25) is 5.91 Å². The third-order valence-electron chi connectivity index (χ3n) is 4.67. The number of anilines is 2. The van der Waals surface area contributed by atoms with Crippen molar-refractivity contribution in [1.29, 1.82) is 0 Å². The topological polar surface area (TPSA) is 75.7 Å². The van der Waals surface area contributed by atoms with Crippen LogP contribution in [0.4, 0.5) is 15.8 Å². The van der Waals surface area contributed by atoms with Crippen LogP contribution in [0.5, 0.6) is 5.75 Å². The Hall–Kier alpha value is -3.04. The molecule has 0 aliphatic heterocycles. The van der Waals surface area contributed by atoms with Gasteiger partial charge in [0.25, 0.3) is 10.0 Å². The van der Waals surface area contributed by atoms with Crippen LogP contribution in [0, 0.1) is 12.7 Å². The molecule has 6 nitrogen and oxygen atoms in total. The summed E-state index contributed by atoms with van der Waals surface area (Å²) in [6.45, 7) is 1.25. The number of methoxy groups -OCH3 is 1. The van der Waals surface area contributed by atoms with Gasteiger partial charge in [0.05, 0.1) is 18.5 Å².